The molecule has 0 spiro atoms. The molecule has 2 atom stereocenters. The normalized spacial score (nSPS) is 24.4. The predicted octanol–water partition coefficient (Wildman–Crippen LogP) is 4.16. The molecule has 17 heavy (non-hydrogen) atoms. The number of nitrogens with zero attached hydrogens (tertiary/aromatic N) is 1. The van der Waals surface area contributed by atoms with Gasteiger partial charge in [-0.2, -0.15) is 0 Å². The highest BCUT2D eigenvalue weighted by molar-refractivity contribution is 8.14. The molecule has 1 aromatic carbocycles. The summed E-state index contributed by atoms with van der Waals surface area (Å²) in [4.78, 5) is 4.49. The molecule has 1 N–H and O–H groups in total. The third-order valence-electron chi connectivity index (χ3n) is 2.49. The number of aliphatic imine (C=N–C) groups is 1. The molecule has 5 heteroatoms. The molecular weight excluding hydrogens is 259 g/mol. The van der Waals surface area contributed by atoms with E-state index in [-0.39, 0.29) is 5.82 Å². The minimum Gasteiger partial charge on any atom is -0.334 e. The van der Waals surface area contributed by atoms with Gasteiger partial charge in [-0.05, 0) is 31.5 Å². The van der Waals surface area contributed by atoms with Crippen molar-refractivity contribution in [3.8, 4) is 0 Å². The summed E-state index contributed by atoms with van der Waals surface area (Å²) in [6.07, 6.45) is 1.06. The SMILES string of the molecule is CC1CC(C)SC(Nc2cc(F)ccc2Cl)=N1. The van der Waals surface area contributed by atoms with E-state index in [0.717, 1.165) is 11.6 Å². The molecule has 0 saturated heterocycles. The zero-order chi connectivity index (χ0) is 12.4. The number of hydrogen-bond donors (Lipinski definition) is 1. The van der Waals surface area contributed by atoms with E-state index >= 15 is 0 Å². The topological polar surface area (TPSA) is 24.4 Å². The van der Waals surface area contributed by atoms with E-state index in [2.05, 4.69) is 24.2 Å². The first-order valence-electron chi connectivity index (χ1n) is 5.51. The van der Waals surface area contributed by atoms with Crippen molar-refractivity contribution >= 4 is 34.2 Å². The minimum atomic E-state index is -0.306. The van der Waals surface area contributed by atoms with Gasteiger partial charge in [0.05, 0.1) is 16.8 Å². The lowest BCUT2D eigenvalue weighted by molar-refractivity contribution is 0.628. The zero-order valence-corrected chi connectivity index (χ0v) is 11.3. The first-order valence-corrected chi connectivity index (χ1v) is 6.77. The summed E-state index contributed by atoms with van der Waals surface area (Å²) in [5.74, 6) is -0.306. The van der Waals surface area contributed by atoms with Crippen molar-refractivity contribution in [2.45, 2.75) is 31.6 Å². The average molecular weight is 273 g/mol. The number of hydrogen-bond acceptors (Lipinski definition) is 3. The molecule has 1 heterocycles. The van der Waals surface area contributed by atoms with Crippen LogP contribution in [0.5, 0.6) is 0 Å². The molecule has 0 bridgehead atoms. The van der Waals surface area contributed by atoms with Gasteiger partial charge < -0.3 is 5.32 Å². The largest absolute Gasteiger partial charge is 0.334 e. The average Bonchev–Trinajstić information content (AvgIpc) is 2.22. The van der Waals surface area contributed by atoms with Crippen molar-refractivity contribution in [2.75, 3.05) is 5.32 Å². The van der Waals surface area contributed by atoms with Gasteiger partial charge in [0.25, 0.3) is 0 Å². The van der Waals surface area contributed by atoms with Crippen LogP contribution in [-0.2, 0) is 0 Å². The van der Waals surface area contributed by atoms with Crippen LogP contribution in [0.15, 0.2) is 23.2 Å². The summed E-state index contributed by atoms with van der Waals surface area (Å²) in [5.41, 5.74) is 0.569. The number of rotatable bonds is 1. The number of halogens is 2. The molecule has 0 saturated carbocycles. The number of nitrogens with one attached hydrogen (secondary N) is 1. The van der Waals surface area contributed by atoms with E-state index in [9.17, 15) is 4.39 Å². The van der Waals surface area contributed by atoms with Gasteiger partial charge in [-0.3, -0.25) is 4.99 Å². The summed E-state index contributed by atoms with van der Waals surface area (Å²) in [5, 5.41) is 4.91. The van der Waals surface area contributed by atoms with Crippen molar-refractivity contribution in [3.63, 3.8) is 0 Å². The van der Waals surface area contributed by atoms with E-state index in [4.69, 9.17) is 11.6 Å². The molecule has 2 nitrogen and oxygen atoms in total. The first kappa shape index (κ1) is 12.7. The summed E-state index contributed by atoms with van der Waals surface area (Å²) < 4.78 is 13.1. The lowest BCUT2D eigenvalue weighted by Gasteiger charge is -2.23. The predicted molar refractivity (Wildman–Crippen MR) is 73.6 cm³/mol. The van der Waals surface area contributed by atoms with Crippen LogP contribution in [0.25, 0.3) is 0 Å². The fourth-order valence-electron chi connectivity index (χ4n) is 1.77. The van der Waals surface area contributed by atoms with E-state index in [1.54, 1.807) is 17.8 Å². The molecule has 1 aliphatic rings. The lowest BCUT2D eigenvalue weighted by Crippen LogP contribution is -2.22. The Hall–Kier alpha value is -0.740. The molecule has 0 aromatic heterocycles. The van der Waals surface area contributed by atoms with Crippen molar-refractivity contribution in [2.24, 2.45) is 4.99 Å². The van der Waals surface area contributed by atoms with Crippen LogP contribution >= 0.6 is 23.4 Å². The van der Waals surface area contributed by atoms with Crippen molar-refractivity contribution in [3.05, 3.63) is 29.0 Å². The Morgan fingerprint density at radius 1 is 1.47 bits per heavy atom. The Morgan fingerprint density at radius 2 is 2.24 bits per heavy atom. The van der Waals surface area contributed by atoms with Gasteiger partial charge in [-0.25, -0.2) is 4.39 Å². The minimum absolute atomic E-state index is 0.293. The molecule has 2 unspecified atom stereocenters. The molecule has 92 valence electrons. The van der Waals surface area contributed by atoms with E-state index in [0.29, 0.717) is 22.0 Å². The van der Waals surface area contributed by atoms with Crippen LogP contribution in [0.4, 0.5) is 10.1 Å². The monoisotopic (exact) mass is 272 g/mol. The molecule has 0 radical (unpaired) electrons. The Labute approximate surface area is 110 Å². The fraction of sp³-hybridized carbons (Fsp3) is 0.417. The van der Waals surface area contributed by atoms with Gasteiger partial charge in [-0.1, -0.05) is 30.3 Å². The van der Waals surface area contributed by atoms with Crippen LogP contribution in [0, 0.1) is 5.82 Å². The second-order valence-corrected chi connectivity index (χ2v) is 6.03. The molecular formula is C12H14ClFN2S. The number of amidine groups is 1. The van der Waals surface area contributed by atoms with Crippen molar-refractivity contribution < 1.29 is 4.39 Å². The second kappa shape index (κ2) is 5.27. The molecule has 2 rings (SSSR count). The Morgan fingerprint density at radius 3 is 2.94 bits per heavy atom. The summed E-state index contributed by atoms with van der Waals surface area (Å²) >= 11 is 7.65. The molecule has 0 amide bonds. The number of thioether (sulfide) groups is 1. The van der Waals surface area contributed by atoms with E-state index < -0.39 is 0 Å². The van der Waals surface area contributed by atoms with E-state index in [1.165, 1.54) is 12.1 Å². The first-order chi connectivity index (χ1) is 8.04. The second-order valence-electron chi connectivity index (χ2n) is 4.20. The Balaban J connectivity index is 2.18. The summed E-state index contributed by atoms with van der Waals surface area (Å²) in [6.45, 7) is 4.23. The number of benzene rings is 1. The molecule has 1 aromatic rings. The molecule has 0 fully saturated rings. The quantitative estimate of drug-likeness (QED) is 0.830. The third-order valence-corrected chi connectivity index (χ3v) is 3.85. The smallest absolute Gasteiger partial charge is 0.161 e. The maximum absolute atomic E-state index is 13.1. The van der Waals surface area contributed by atoms with Gasteiger partial charge >= 0.3 is 0 Å². The molecule has 1 aliphatic heterocycles. The van der Waals surface area contributed by atoms with E-state index in [1.807, 2.05) is 0 Å². The van der Waals surface area contributed by atoms with Crippen LogP contribution in [0.3, 0.4) is 0 Å². The van der Waals surface area contributed by atoms with Crippen LogP contribution in [0.2, 0.25) is 5.02 Å². The fourth-order valence-corrected chi connectivity index (χ4v) is 3.10. The summed E-state index contributed by atoms with van der Waals surface area (Å²) in [6, 6.07) is 4.56. The highest BCUT2D eigenvalue weighted by Gasteiger charge is 2.19. The highest BCUT2D eigenvalue weighted by Crippen LogP contribution is 2.28. The van der Waals surface area contributed by atoms with Crippen molar-refractivity contribution in [1.29, 1.82) is 0 Å². The summed E-state index contributed by atoms with van der Waals surface area (Å²) in [7, 11) is 0. The Bertz CT molecular complexity index is 450. The Kier molecular flexibility index (Phi) is 3.94. The standard InChI is InChI=1S/C12H14ClFN2S/c1-7-5-8(2)17-12(15-7)16-11-6-9(14)3-4-10(11)13/h3-4,6-8H,5H2,1-2H3,(H,15,16). The highest BCUT2D eigenvalue weighted by atomic mass is 35.5. The van der Waals surface area contributed by atoms with Gasteiger partial charge in [-0.15, -0.1) is 0 Å². The van der Waals surface area contributed by atoms with Gasteiger partial charge in [0.15, 0.2) is 5.17 Å². The van der Waals surface area contributed by atoms with Gasteiger partial charge in [0.2, 0.25) is 0 Å². The van der Waals surface area contributed by atoms with Crippen LogP contribution < -0.4 is 5.32 Å². The van der Waals surface area contributed by atoms with Crippen LogP contribution in [0.1, 0.15) is 20.3 Å². The maximum Gasteiger partial charge on any atom is 0.161 e. The zero-order valence-electron chi connectivity index (χ0n) is 9.71. The molecule has 0 aliphatic carbocycles. The third kappa shape index (κ3) is 3.36. The number of anilines is 1. The van der Waals surface area contributed by atoms with Gasteiger partial charge in [0.1, 0.15) is 5.82 Å². The van der Waals surface area contributed by atoms with Crippen molar-refractivity contribution in [1.82, 2.24) is 0 Å². The lowest BCUT2D eigenvalue weighted by atomic mass is 10.2. The van der Waals surface area contributed by atoms with Gasteiger partial charge in [0, 0.05) is 5.25 Å². The van der Waals surface area contributed by atoms with Crippen LogP contribution in [-0.4, -0.2) is 16.5 Å². The maximum atomic E-state index is 13.1.